The van der Waals surface area contributed by atoms with Crippen molar-refractivity contribution in [1.82, 2.24) is 0 Å². The van der Waals surface area contributed by atoms with Gasteiger partial charge >= 0.3 is 0 Å². The van der Waals surface area contributed by atoms with Crippen LogP contribution in [0.2, 0.25) is 0 Å². The highest BCUT2D eigenvalue weighted by Gasteiger charge is 2.22. The van der Waals surface area contributed by atoms with Gasteiger partial charge in [0.2, 0.25) is 0 Å². The molecular weight excluding hydrogens is 383 g/mol. The van der Waals surface area contributed by atoms with E-state index < -0.39 is 5.82 Å². The van der Waals surface area contributed by atoms with Gasteiger partial charge in [0, 0.05) is 35.8 Å². The standard InChI is InChI=1S/C16H21FO2.C9H16O2/c1-6-10(4)16(19)14-8-15(17)12(9(2)3)7-13(14)11(5)18;1-4-9(11)6-5-7(2)8(3)10/h7-10H,6H2,1-5H3;7H,4-6H2,1-3H3. The average Bonchev–Trinajstić information content (AvgIpc) is 2.69. The Balaban J connectivity index is 0.000000654. The molecule has 0 N–H and O–H groups in total. The Morgan fingerprint density at radius 1 is 0.900 bits per heavy atom. The third-order valence-electron chi connectivity index (χ3n) is 5.41. The number of ketones is 4. The van der Waals surface area contributed by atoms with Crippen LogP contribution in [0, 0.1) is 17.7 Å². The summed E-state index contributed by atoms with van der Waals surface area (Å²) in [5, 5.41) is 0. The minimum atomic E-state index is -0.411. The van der Waals surface area contributed by atoms with Gasteiger partial charge < -0.3 is 0 Å². The zero-order chi connectivity index (χ0) is 23.6. The van der Waals surface area contributed by atoms with Gasteiger partial charge in [-0.1, -0.05) is 41.5 Å². The molecule has 1 rings (SSSR count). The highest BCUT2D eigenvalue weighted by atomic mass is 19.1. The second-order valence-corrected chi connectivity index (χ2v) is 8.25. The number of hydrogen-bond acceptors (Lipinski definition) is 4. The third-order valence-corrected chi connectivity index (χ3v) is 5.41. The van der Waals surface area contributed by atoms with E-state index >= 15 is 0 Å². The fourth-order valence-electron chi connectivity index (χ4n) is 2.74. The molecule has 0 saturated heterocycles. The molecule has 0 aliphatic rings. The molecule has 168 valence electrons. The van der Waals surface area contributed by atoms with Crippen LogP contribution in [0.4, 0.5) is 4.39 Å². The minimum absolute atomic E-state index is 0.0224. The van der Waals surface area contributed by atoms with Crippen molar-refractivity contribution in [2.75, 3.05) is 0 Å². The summed E-state index contributed by atoms with van der Waals surface area (Å²) in [4.78, 5) is 45.5. The molecule has 0 saturated carbocycles. The zero-order valence-electron chi connectivity index (χ0n) is 19.7. The molecule has 1 aromatic carbocycles. The summed E-state index contributed by atoms with van der Waals surface area (Å²) in [5.74, 6) is -0.534. The monoisotopic (exact) mass is 420 g/mol. The second-order valence-electron chi connectivity index (χ2n) is 8.25. The Kier molecular flexibility index (Phi) is 12.2. The molecule has 0 amide bonds. The molecular formula is C25H37FO4. The van der Waals surface area contributed by atoms with Crippen molar-refractivity contribution in [1.29, 1.82) is 0 Å². The predicted molar refractivity (Wildman–Crippen MR) is 119 cm³/mol. The normalized spacial score (nSPS) is 12.6. The van der Waals surface area contributed by atoms with Gasteiger partial charge in [-0.05, 0) is 50.3 Å². The van der Waals surface area contributed by atoms with Crippen LogP contribution in [0.15, 0.2) is 12.1 Å². The Hall–Kier alpha value is -2.17. The molecule has 2 unspecified atom stereocenters. The van der Waals surface area contributed by atoms with Gasteiger partial charge in [0.05, 0.1) is 0 Å². The number of benzene rings is 1. The lowest BCUT2D eigenvalue weighted by atomic mass is 9.89. The maximum absolute atomic E-state index is 14.0. The minimum Gasteiger partial charge on any atom is -0.300 e. The van der Waals surface area contributed by atoms with Gasteiger partial charge in [-0.2, -0.15) is 0 Å². The molecule has 0 heterocycles. The molecule has 0 aliphatic carbocycles. The van der Waals surface area contributed by atoms with Crippen LogP contribution in [-0.2, 0) is 9.59 Å². The lowest BCUT2D eigenvalue weighted by Crippen LogP contribution is -2.16. The number of hydrogen-bond donors (Lipinski definition) is 0. The third kappa shape index (κ3) is 8.68. The summed E-state index contributed by atoms with van der Waals surface area (Å²) in [6, 6.07) is 2.75. The molecule has 30 heavy (non-hydrogen) atoms. The van der Waals surface area contributed by atoms with Crippen molar-refractivity contribution in [2.45, 2.75) is 87.0 Å². The highest BCUT2D eigenvalue weighted by Crippen LogP contribution is 2.25. The van der Waals surface area contributed by atoms with E-state index in [0.29, 0.717) is 36.8 Å². The van der Waals surface area contributed by atoms with E-state index in [2.05, 4.69) is 0 Å². The Morgan fingerprint density at radius 3 is 1.87 bits per heavy atom. The van der Waals surface area contributed by atoms with Crippen LogP contribution < -0.4 is 0 Å². The molecule has 2 atom stereocenters. The SMILES string of the molecule is CCC(=O)CCC(C)C(C)=O.CCC(C)C(=O)c1cc(F)c(C(C)C)cc1C(C)=O. The fraction of sp³-hybridized carbons (Fsp3) is 0.600. The zero-order valence-corrected chi connectivity index (χ0v) is 19.7. The fourth-order valence-corrected chi connectivity index (χ4v) is 2.74. The van der Waals surface area contributed by atoms with Crippen LogP contribution in [-0.4, -0.2) is 23.1 Å². The molecule has 4 nitrogen and oxygen atoms in total. The highest BCUT2D eigenvalue weighted by molar-refractivity contribution is 6.08. The van der Waals surface area contributed by atoms with Crippen molar-refractivity contribution >= 4 is 23.1 Å². The van der Waals surface area contributed by atoms with Gasteiger partial charge in [-0.3, -0.25) is 19.2 Å². The van der Waals surface area contributed by atoms with Crippen LogP contribution in [0.25, 0.3) is 0 Å². The average molecular weight is 421 g/mol. The summed E-state index contributed by atoms with van der Waals surface area (Å²) in [7, 11) is 0. The van der Waals surface area contributed by atoms with E-state index in [-0.39, 0.29) is 46.5 Å². The molecule has 5 heteroatoms. The molecule has 0 radical (unpaired) electrons. The largest absolute Gasteiger partial charge is 0.300 e. The summed E-state index contributed by atoms with van der Waals surface area (Å²) >= 11 is 0. The number of Topliss-reactive ketones (excluding diaryl/α,β-unsaturated/α-hetero) is 4. The van der Waals surface area contributed by atoms with Gasteiger partial charge in [-0.15, -0.1) is 0 Å². The van der Waals surface area contributed by atoms with Crippen LogP contribution in [0.5, 0.6) is 0 Å². The Bertz CT molecular complexity index is 765. The first-order valence-corrected chi connectivity index (χ1v) is 10.8. The van der Waals surface area contributed by atoms with Crippen molar-refractivity contribution in [3.63, 3.8) is 0 Å². The molecule has 0 bridgehead atoms. The van der Waals surface area contributed by atoms with Gasteiger partial charge in [0.1, 0.15) is 17.4 Å². The number of halogens is 1. The predicted octanol–water partition coefficient (Wildman–Crippen LogP) is 6.35. The quantitative estimate of drug-likeness (QED) is 0.414. The first-order valence-electron chi connectivity index (χ1n) is 10.8. The lowest BCUT2D eigenvalue weighted by molar-refractivity contribution is -0.121. The van der Waals surface area contributed by atoms with E-state index in [4.69, 9.17) is 0 Å². The number of carbonyl (C=O) groups is 4. The van der Waals surface area contributed by atoms with Gasteiger partial charge in [0.25, 0.3) is 0 Å². The summed E-state index contributed by atoms with van der Waals surface area (Å²) < 4.78 is 14.0. The summed E-state index contributed by atoms with van der Waals surface area (Å²) in [6.45, 7) is 14.1. The molecule has 0 aromatic heterocycles. The summed E-state index contributed by atoms with van der Waals surface area (Å²) in [5.41, 5.74) is 1.02. The van der Waals surface area contributed by atoms with E-state index in [0.717, 1.165) is 0 Å². The van der Waals surface area contributed by atoms with Crippen LogP contribution >= 0.6 is 0 Å². The van der Waals surface area contributed by atoms with E-state index in [1.165, 1.54) is 19.1 Å². The van der Waals surface area contributed by atoms with Crippen molar-refractivity contribution < 1.29 is 23.6 Å². The van der Waals surface area contributed by atoms with E-state index in [1.807, 2.05) is 34.6 Å². The number of carbonyl (C=O) groups excluding carboxylic acids is 4. The maximum Gasteiger partial charge on any atom is 0.166 e. The first kappa shape index (κ1) is 27.8. The molecule has 0 fully saturated rings. The molecule has 1 aromatic rings. The second kappa shape index (κ2) is 13.2. The van der Waals surface area contributed by atoms with Crippen LogP contribution in [0.3, 0.4) is 0 Å². The van der Waals surface area contributed by atoms with E-state index in [1.54, 1.807) is 13.8 Å². The summed E-state index contributed by atoms with van der Waals surface area (Å²) in [6.07, 6.45) is 2.52. The Labute approximate surface area is 180 Å². The van der Waals surface area contributed by atoms with Gasteiger partial charge in [-0.25, -0.2) is 4.39 Å². The Morgan fingerprint density at radius 2 is 1.47 bits per heavy atom. The molecule has 0 aliphatic heterocycles. The first-order chi connectivity index (χ1) is 13.9. The van der Waals surface area contributed by atoms with Crippen molar-refractivity contribution in [3.05, 3.63) is 34.6 Å². The smallest absolute Gasteiger partial charge is 0.166 e. The van der Waals surface area contributed by atoms with E-state index in [9.17, 15) is 23.6 Å². The maximum atomic E-state index is 14.0. The molecule has 0 spiro atoms. The lowest BCUT2D eigenvalue weighted by Gasteiger charge is -2.15. The van der Waals surface area contributed by atoms with Crippen LogP contribution in [0.1, 0.15) is 113 Å². The van der Waals surface area contributed by atoms with Crippen molar-refractivity contribution in [2.24, 2.45) is 11.8 Å². The van der Waals surface area contributed by atoms with Gasteiger partial charge in [0.15, 0.2) is 11.6 Å². The topological polar surface area (TPSA) is 68.3 Å². The van der Waals surface area contributed by atoms with Crippen molar-refractivity contribution in [3.8, 4) is 0 Å². The number of rotatable bonds is 10.